The Morgan fingerprint density at radius 3 is 2.67 bits per heavy atom. The molecule has 0 aromatic heterocycles. The Balaban J connectivity index is 2.25. The van der Waals surface area contributed by atoms with Gasteiger partial charge in [0.25, 0.3) is 5.17 Å². The molecule has 3 rings (SSSR count). The molecule has 2 aromatic carbocycles. The first-order valence-corrected chi connectivity index (χ1v) is 7.80. The van der Waals surface area contributed by atoms with Crippen molar-refractivity contribution in [2.75, 3.05) is 5.32 Å². The van der Waals surface area contributed by atoms with Crippen molar-refractivity contribution in [3.05, 3.63) is 64.7 Å². The molecule has 108 valence electrons. The van der Waals surface area contributed by atoms with Gasteiger partial charge in [0.15, 0.2) is 5.60 Å². The van der Waals surface area contributed by atoms with Crippen LogP contribution in [0.25, 0.3) is 0 Å². The van der Waals surface area contributed by atoms with Crippen molar-refractivity contribution < 1.29 is 4.74 Å². The van der Waals surface area contributed by atoms with Gasteiger partial charge in [-0.05, 0) is 36.8 Å². The minimum Gasteiger partial charge on any atom is -0.454 e. The van der Waals surface area contributed by atoms with Crippen LogP contribution in [0.4, 0.5) is 5.69 Å². The first kappa shape index (κ1) is 14.4. The van der Waals surface area contributed by atoms with E-state index in [4.69, 9.17) is 28.6 Å². The maximum atomic E-state index is 6.21. The van der Waals surface area contributed by atoms with Crippen LogP contribution < -0.4 is 5.32 Å². The van der Waals surface area contributed by atoms with E-state index < -0.39 is 5.60 Å². The molecule has 1 N–H and O–H groups in total. The lowest BCUT2D eigenvalue weighted by molar-refractivity contribution is 0.0858. The Kier molecular flexibility index (Phi) is 3.87. The predicted octanol–water partition coefficient (Wildman–Crippen LogP) is 5.11. The Bertz CT molecular complexity index is 674. The van der Waals surface area contributed by atoms with E-state index in [2.05, 4.69) is 24.4 Å². The summed E-state index contributed by atoms with van der Waals surface area (Å²) in [4.78, 5) is 0. The van der Waals surface area contributed by atoms with Crippen molar-refractivity contribution in [3.63, 3.8) is 0 Å². The molecule has 0 aliphatic carbocycles. The number of thiocarbonyl (C=S) groups is 1. The zero-order valence-electron chi connectivity index (χ0n) is 11.7. The SMILES string of the molecule is CCCC1(c2ccccc2)OC(=S)Nc2ccc(Cl)cc21. The van der Waals surface area contributed by atoms with Crippen molar-refractivity contribution >= 4 is 34.7 Å². The van der Waals surface area contributed by atoms with Crippen molar-refractivity contribution in [2.24, 2.45) is 0 Å². The van der Waals surface area contributed by atoms with Gasteiger partial charge in [0.1, 0.15) is 0 Å². The van der Waals surface area contributed by atoms with Crippen molar-refractivity contribution in [2.45, 2.75) is 25.4 Å². The van der Waals surface area contributed by atoms with Crippen LogP contribution in [0, 0.1) is 0 Å². The van der Waals surface area contributed by atoms with Crippen LogP contribution in [0.5, 0.6) is 0 Å². The molecule has 4 heteroatoms. The van der Waals surface area contributed by atoms with Crippen LogP contribution >= 0.6 is 23.8 Å². The molecule has 0 saturated carbocycles. The van der Waals surface area contributed by atoms with E-state index in [0.717, 1.165) is 29.7 Å². The number of nitrogens with one attached hydrogen (secondary N) is 1. The monoisotopic (exact) mass is 317 g/mol. The zero-order valence-corrected chi connectivity index (χ0v) is 13.3. The Hall–Kier alpha value is -1.58. The van der Waals surface area contributed by atoms with Crippen molar-refractivity contribution in [3.8, 4) is 0 Å². The van der Waals surface area contributed by atoms with Crippen LogP contribution in [0.3, 0.4) is 0 Å². The van der Waals surface area contributed by atoms with Gasteiger partial charge in [-0.2, -0.15) is 0 Å². The molecule has 1 aliphatic heterocycles. The van der Waals surface area contributed by atoms with Crippen LogP contribution in [0.2, 0.25) is 5.02 Å². The number of ether oxygens (including phenoxy) is 1. The van der Waals surface area contributed by atoms with Gasteiger partial charge in [0, 0.05) is 21.8 Å². The van der Waals surface area contributed by atoms with Gasteiger partial charge in [0.05, 0.1) is 0 Å². The van der Waals surface area contributed by atoms with Gasteiger partial charge in [-0.3, -0.25) is 0 Å². The second-order valence-corrected chi connectivity index (χ2v) is 5.95. The third kappa shape index (κ3) is 2.52. The highest BCUT2D eigenvalue weighted by Gasteiger charge is 2.41. The van der Waals surface area contributed by atoms with Gasteiger partial charge < -0.3 is 10.1 Å². The summed E-state index contributed by atoms with van der Waals surface area (Å²) in [7, 11) is 0. The molecule has 1 heterocycles. The molecular formula is C17H16ClNOS. The van der Waals surface area contributed by atoms with Crippen LogP contribution in [-0.4, -0.2) is 5.17 Å². The fourth-order valence-corrected chi connectivity index (χ4v) is 3.34. The summed E-state index contributed by atoms with van der Waals surface area (Å²) in [6, 6.07) is 16.0. The molecular weight excluding hydrogens is 302 g/mol. The Morgan fingerprint density at radius 1 is 1.19 bits per heavy atom. The fraction of sp³-hybridized carbons (Fsp3) is 0.235. The number of halogens is 1. The third-order valence-electron chi connectivity index (χ3n) is 3.76. The predicted molar refractivity (Wildman–Crippen MR) is 90.9 cm³/mol. The maximum Gasteiger partial charge on any atom is 0.262 e. The van der Waals surface area contributed by atoms with Gasteiger partial charge >= 0.3 is 0 Å². The average Bonchev–Trinajstić information content (AvgIpc) is 2.49. The second-order valence-electron chi connectivity index (χ2n) is 5.15. The van der Waals surface area contributed by atoms with E-state index >= 15 is 0 Å². The fourth-order valence-electron chi connectivity index (χ4n) is 2.91. The summed E-state index contributed by atoms with van der Waals surface area (Å²) in [6.07, 6.45) is 1.82. The summed E-state index contributed by atoms with van der Waals surface area (Å²) in [5, 5.41) is 4.22. The molecule has 1 atom stereocenters. The second kappa shape index (κ2) is 5.66. The van der Waals surface area contributed by atoms with E-state index in [1.165, 1.54) is 0 Å². The van der Waals surface area contributed by atoms with E-state index in [0.29, 0.717) is 10.2 Å². The molecule has 1 unspecified atom stereocenters. The molecule has 0 amide bonds. The number of anilines is 1. The highest BCUT2D eigenvalue weighted by molar-refractivity contribution is 7.80. The quantitative estimate of drug-likeness (QED) is 0.795. The topological polar surface area (TPSA) is 21.3 Å². The van der Waals surface area contributed by atoms with Gasteiger partial charge in [-0.15, -0.1) is 0 Å². The molecule has 1 aliphatic rings. The van der Waals surface area contributed by atoms with Gasteiger partial charge in [-0.1, -0.05) is 55.3 Å². The largest absolute Gasteiger partial charge is 0.454 e. The first-order chi connectivity index (χ1) is 10.2. The van der Waals surface area contributed by atoms with Crippen LogP contribution in [-0.2, 0) is 10.3 Å². The maximum absolute atomic E-state index is 6.21. The number of fused-ring (bicyclic) bond motifs is 1. The lowest BCUT2D eigenvalue weighted by Crippen LogP contribution is -2.40. The van der Waals surface area contributed by atoms with E-state index in [-0.39, 0.29) is 0 Å². The Labute approximate surface area is 135 Å². The lowest BCUT2D eigenvalue weighted by atomic mass is 9.81. The minimum absolute atomic E-state index is 0.405. The standard InChI is InChI=1S/C17H16ClNOS/c1-2-10-17(12-6-4-3-5-7-12)14-11-13(18)8-9-15(14)19-16(21)20-17/h3-9,11H,2,10H2,1H3,(H,19,21). The van der Waals surface area contributed by atoms with Crippen molar-refractivity contribution in [1.29, 1.82) is 0 Å². The average molecular weight is 318 g/mol. The molecule has 21 heavy (non-hydrogen) atoms. The summed E-state index contributed by atoms with van der Waals surface area (Å²) >= 11 is 11.5. The van der Waals surface area contributed by atoms with E-state index in [9.17, 15) is 0 Å². The Morgan fingerprint density at radius 2 is 1.95 bits per heavy atom. The normalized spacial score (nSPS) is 20.4. The first-order valence-electron chi connectivity index (χ1n) is 7.01. The smallest absolute Gasteiger partial charge is 0.262 e. The molecule has 0 bridgehead atoms. The number of benzene rings is 2. The minimum atomic E-state index is -0.571. The molecule has 0 saturated heterocycles. The zero-order chi connectivity index (χ0) is 14.9. The molecule has 2 aromatic rings. The summed E-state index contributed by atoms with van der Waals surface area (Å²) < 4.78 is 6.14. The number of rotatable bonds is 3. The number of hydrogen-bond acceptors (Lipinski definition) is 2. The summed E-state index contributed by atoms with van der Waals surface area (Å²) in [5.74, 6) is 0. The lowest BCUT2D eigenvalue weighted by Gasteiger charge is -2.40. The van der Waals surface area contributed by atoms with Crippen LogP contribution in [0.1, 0.15) is 30.9 Å². The third-order valence-corrected chi connectivity index (χ3v) is 4.18. The summed E-state index contributed by atoms with van der Waals surface area (Å²) in [5.41, 5.74) is 2.53. The van der Waals surface area contributed by atoms with Crippen molar-refractivity contribution in [1.82, 2.24) is 0 Å². The highest BCUT2D eigenvalue weighted by Crippen LogP contribution is 2.45. The molecule has 0 spiro atoms. The highest BCUT2D eigenvalue weighted by atomic mass is 35.5. The molecule has 0 fully saturated rings. The van der Waals surface area contributed by atoms with Crippen LogP contribution in [0.15, 0.2) is 48.5 Å². The summed E-state index contributed by atoms with van der Waals surface area (Å²) in [6.45, 7) is 2.14. The van der Waals surface area contributed by atoms with E-state index in [1.54, 1.807) is 0 Å². The number of hydrogen-bond donors (Lipinski definition) is 1. The molecule has 2 nitrogen and oxygen atoms in total. The van der Waals surface area contributed by atoms with Gasteiger partial charge in [-0.25, -0.2) is 0 Å². The van der Waals surface area contributed by atoms with E-state index in [1.807, 2.05) is 36.4 Å². The molecule has 0 radical (unpaired) electrons. The van der Waals surface area contributed by atoms with Gasteiger partial charge in [0.2, 0.25) is 0 Å².